The van der Waals surface area contributed by atoms with Gasteiger partial charge in [0.2, 0.25) is 0 Å². The highest BCUT2D eigenvalue weighted by Gasteiger charge is 2.23. The van der Waals surface area contributed by atoms with E-state index in [9.17, 15) is 4.79 Å². The molecular weight excluding hydrogens is 412 g/mol. The molecule has 0 bridgehead atoms. The van der Waals surface area contributed by atoms with Crippen LogP contribution in [0.5, 0.6) is 0 Å². The van der Waals surface area contributed by atoms with Gasteiger partial charge in [0.1, 0.15) is 16.9 Å². The Morgan fingerprint density at radius 1 is 1.03 bits per heavy atom. The lowest BCUT2D eigenvalue weighted by Crippen LogP contribution is -2.25. The molecule has 7 heteroatoms. The number of nitrogens with zero attached hydrogens (tertiary/aromatic N) is 4. The van der Waals surface area contributed by atoms with Crippen molar-refractivity contribution in [2.24, 2.45) is 5.10 Å². The molecule has 2 heterocycles. The van der Waals surface area contributed by atoms with Gasteiger partial charge in [-0.05, 0) is 31.0 Å². The maximum absolute atomic E-state index is 13.1. The number of benzene rings is 2. The average molecular weight is 443 g/mol. The number of anilines is 1. The van der Waals surface area contributed by atoms with Crippen LogP contribution in [0.2, 0.25) is 0 Å². The van der Waals surface area contributed by atoms with Gasteiger partial charge in [0.25, 0.3) is 5.91 Å². The number of hydrogen-bond acceptors (Lipinski definition) is 5. The van der Waals surface area contributed by atoms with E-state index in [1.54, 1.807) is 6.21 Å². The second-order valence-corrected chi connectivity index (χ2v) is 8.28. The summed E-state index contributed by atoms with van der Waals surface area (Å²) in [5.74, 6) is -0.0194. The zero-order valence-electron chi connectivity index (χ0n) is 19.2. The van der Waals surface area contributed by atoms with Crippen molar-refractivity contribution in [3.8, 4) is 0 Å². The number of carbonyl (C=O) groups is 1. The number of carbonyl (C=O) groups excluding carboxylic acids is 1. The number of aryl methyl sites for hydroxylation is 1. The Balaban J connectivity index is 1.69. The summed E-state index contributed by atoms with van der Waals surface area (Å²) in [7, 11) is 0. The first-order valence-electron chi connectivity index (χ1n) is 11.5. The number of para-hydroxylation sites is 2. The molecule has 0 atom stereocenters. The Morgan fingerprint density at radius 3 is 2.45 bits per heavy atom. The topological polar surface area (TPSA) is 98.2 Å². The largest absolute Gasteiger partial charge is 0.383 e. The van der Waals surface area contributed by atoms with Gasteiger partial charge in [-0.1, -0.05) is 74.6 Å². The Labute approximate surface area is 193 Å². The van der Waals surface area contributed by atoms with Gasteiger partial charge in [0.15, 0.2) is 5.65 Å². The third-order valence-corrected chi connectivity index (χ3v) is 5.67. The fourth-order valence-electron chi connectivity index (χ4n) is 3.78. The van der Waals surface area contributed by atoms with Gasteiger partial charge < -0.3 is 11.1 Å². The first-order chi connectivity index (χ1) is 16.1. The molecule has 4 aromatic rings. The minimum Gasteiger partial charge on any atom is -0.383 e. The Morgan fingerprint density at radius 2 is 1.73 bits per heavy atom. The zero-order valence-corrected chi connectivity index (χ0v) is 19.2. The van der Waals surface area contributed by atoms with Crippen LogP contribution in [0.4, 0.5) is 5.82 Å². The van der Waals surface area contributed by atoms with E-state index in [1.807, 2.05) is 55.5 Å². The number of rotatable bonds is 9. The lowest BCUT2D eigenvalue weighted by atomic mass is 10.1. The minimum atomic E-state index is -0.248. The molecule has 170 valence electrons. The van der Waals surface area contributed by atoms with Crippen LogP contribution in [-0.2, 0) is 0 Å². The van der Waals surface area contributed by atoms with Gasteiger partial charge >= 0.3 is 0 Å². The Hall–Kier alpha value is -3.74. The molecule has 7 nitrogen and oxygen atoms in total. The molecule has 2 aromatic heterocycles. The van der Waals surface area contributed by atoms with Crippen LogP contribution < -0.4 is 11.1 Å². The van der Waals surface area contributed by atoms with Gasteiger partial charge in [0, 0.05) is 6.54 Å². The summed E-state index contributed by atoms with van der Waals surface area (Å²) in [5, 5.41) is 7.56. The van der Waals surface area contributed by atoms with Crippen molar-refractivity contribution >= 4 is 40.1 Å². The van der Waals surface area contributed by atoms with Crippen molar-refractivity contribution in [1.29, 1.82) is 0 Å². The first kappa shape index (κ1) is 22.5. The van der Waals surface area contributed by atoms with Crippen LogP contribution in [-0.4, -0.2) is 33.3 Å². The van der Waals surface area contributed by atoms with E-state index in [4.69, 9.17) is 15.7 Å². The highest BCUT2D eigenvalue weighted by Crippen LogP contribution is 2.27. The summed E-state index contributed by atoms with van der Waals surface area (Å²) in [6, 6.07) is 15.6. The van der Waals surface area contributed by atoms with Crippen LogP contribution in [0, 0.1) is 6.92 Å². The summed E-state index contributed by atoms with van der Waals surface area (Å²) >= 11 is 0. The van der Waals surface area contributed by atoms with E-state index in [0.29, 0.717) is 28.8 Å². The highest BCUT2D eigenvalue weighted by molar-refractivity contribution is 6.10. The van der Waals surface area contributed by atoms with Crippen LogP contribution in [0.1, 0.15) is 60.5 Å². The van der Waals surface area contributed by atoms with Crippen LogP contribution >= 0.6 is 0 Å². The van der Waals surface area contributed by atoms with E-state index in [2.05, 4.69) is 17.3 Å². The molecule has 33 heavy (non-hydrogen) atoms. The Bertz CT molecular complexity index is 1290. The Kier molecular flexibility index (Phi) is 6.98. The van der Waals surface area contributed by atoms with Gasteiger partial charge in [-0.2, -0.15) is 9.78 Å². The standard InChI is InChI=1S/C26H30N6O/c1-3-4-5-6-9-16-28-26(33)22-23-25(31-21-11-8-7-10-20(21)30-23)32(24(22)27)29-17-19-14-12-18(2)13-15-19/h7-8,10-15,17H,3-6,9,16,27H2,1-2H3,(H,28,33)/b29-17+. The number of fused-ring (bicyclic) bond motifs is 2. The monoisotopic (exact) mass is 442 g/mol. The fourth-order valence-corrected chi connectivity index (χ4v) is 3.78. The SMILES string of the molecule is CCCCCCCNC(=O)c1c(N)n(/N=C/c2ccc(C)cc2)c2nc3ccccc3nc12. The molecular formula is C26H30N6O. The minimum absolute atomic E-state index is 0.229. The molecule has 0 aliphatic heterocycles. The smallest absolute Gasteiger partial charge is 0.257 e. The van der Waals surface area contributed by atoms with Crippen molar-refractivity contribution < 1.29 is 4.79 Å². The zero-order chi connectivity index (χ0) is 23.2. The number of aromatic nitrogens is 3. The molecule has 0 unspecified atom stereocenters. The molecule has 0 aliphatic carbocycles. The fraction of sp³-hybridized carbons (Fsp3) is 0.308. The second-order valence-electron chi connectivity index (χ2n) is 8.28. The quantitative estimate of drug-likeness (QED) is 0.280. The van der Waals surface area contributed by atoms with Gasteiger partial charge in [-0.15, -0.1) is 0 Å². The van der Waals surface area contributed by atoms with Gasteiger partial charge in [-0.25, -0.2) is 9.97 Å². The third kappa shape index (κ3) is 5.03. The number of amides is 1. The molecule has 0 saturated heterocycles. The van der Waals surface area contributed by atoms with E-state index >= 15 is 0 Å². The summed E-state index contributed by atoms with van der Waals surface area (Å²) < 4.78 is 1.50. The molecule has 0 spiro atoms. The third-order valence-electron chi connectivity index (χ3n) is 5.67. The molecule has 0 aliphatic rings. The van der Waals surface area contributed by atoms with Gasteiger partial charge in [0.05, 0.1) is 17.2 Å². The van der Waals surface area contributed by atoms with Crippen molar-refractivity contribution in [3.05, 3.63) is 65.2 Å². The molecule has 2 aromatic carbocycles. The van der Waals surface area contributed by atoms with Crippen molar-refractivity contribution in [2.75, 3.05) is 12.3 Å². The number of unbranched alkanes of at least 4 members (excludes halogenated alkanes) is 4. The van der Waals surface area contributed by atoms with E-state index in [-0.39, 0.29) is 11.7 Å². The van der Waals surface area contributed by atoms with E-state index in [0.717, 1.165) is 23.9 Å². The summed E-state index contributed by atoms with van der Waals surface area (Å²) in [6.45, 7) is 4.82. The number of hydrogen-bond donors (Lipinski definition) is 2. The maximum Gasteiger partial charge on any atom is 0.257 e. The second kappa shape index (κ2) is 10.3. The molecule has 1 amide bonds. The van der Waals surface area contributed by atoms with Crippen molar-refractivity contribution in [2.45, 2.75) is 46.0 Å². The maximum atomic E-state index is 13.1. The van der Waals surface area contributed by atoms with Crippen molar-refractivity contribution in [1.82, 2.24) is 20.0 Å². The highest BCUT2D eigenvalue weighted by atomic mass is 16.1. The molecule has 0 saturated carbocycles. The predicted molar refractivity (Wildman–Crippen MR) is 135 cm³/mol. The lowest BCUT2D eigenvalue weighted by Gasteiger charge is -2.05. The van der Waals surface area contributed by atoms with Crippen LogP contribution in [0.15, 0.2) is 53.6 Å². The number of nitrogens with one attached hydrogen (secondary N) is 1. The van der Waals surface area contributed by atoms with E-state index in [1.165, 1.54) is 29.5 Å². The lowest BCUT2D eigenvalue weighted by molar-refractivity contribution is 0.0955. The summed E-state index contributed by atoms with van der Waals surface area (Å²) in [4.78, 5) is 22.5. The number of nitrogens with two attached hydrogens (primary N) is 1. The van der Waals surface area contributed by atoms with E-state index < -0.39 is 0 Å². The first-order valence-corrected chi connectivity index (χ1v) is 11.5. The summed E-state index contributed by atoms with van der Waals surface area (Å²) in [5.41, 5.74) is 11.2. The molecule has 3 N–H and O–H groups in total. The number of nitrogen functional groups attached to an aromatic ring is 1. The normalized spacial score (nSPS) is 11.6. The van der Waals surface area contributed by atoms with Crippen LogP contribution in [0.3, 0.4) is 0 Å². The summed E-state index contributed by atoms with van der Waals surface area (Å²) in [6.07, 6.45) is 7.33. The van der Waals surface area contributed by atoms with Gasteiger partial charge in [-0.3, -0.25) is 4.79 Å². The predicted octanol–water partition coefficient (Wildman–Crippen LogP) is 5.06. The molecule has 0 fully saturated rings. The van der Waals surface area contributed by atoms with Crippen LogP contribution in [0.25, 0.3) is 22.2 Å². The molecule has 0 radical (unpaired) electrons. The molecule has 4 rings (SSSR count). The average Bonchev–Trinajstić information content (AvgIpc) is 3.09. The van der Waals surface area contributed by atoms with Crippen molar-refractivity contribution in [3.63, 3.8) is 0 Å².